The van der Waals surface area contributed by atoms with E-state index in [0.29, 0.717) is 17.3 Å². The van der Waals surface area contributed by atoms with Crippen LogP contribution in [0.5, 0.6) is 0 Å². The van der Waals surface area contributed by atoms with E-state index in [1.54, 1.807) is 6.07 Å². The molecule has 33 heavy (non-hydrogen) atoms. The minimum atomic E-state index is -0.336. The molecule has 0 spiro atoms. The lowest BCUT2D eigenvalue weighted by Crippen LogP contribution is -2.23. The number of hydrogen-bond donors (Lipinski definition) is 2. The van der Waals surface area contributed by atoms with Crippen molar-refractivity contribution in [2.45, 2.75) is 20.8 Å². The second-order valence-electron chi connectivity index (χ2n) is 7.43. The first-order valence-electron chi connectivity index (χ1n) is 10.9. The normalized spacial score (nSPS) is 10.6. The highest BCUT2D eigenvalue weighted by molar-refractivity contribution is 6.03. The molecule has 0 aliphatic rings. The van der Waals surface area contributed by atoms with E-state index >= 15 is 0 Å². The Morgan fingerprint density at radius 3 is 2.33 bits per heavy atom. The summed E-state index contributed by atoms with van der Waals surface area (Å²) in [6, 6.07) is 20.5. The largest absolute Gasteiger partial charge is 0.357 e. The van der Waals surface area contributed by atoms with Gasteiger partial charge in [0.1, 0.15) is 17.5 Å². The van der Waals surface area contributed by atoms with E-state index in [1.165, 1.54) is 0 Å². The maximum Gasteiger partial charge on any atom is 0.277 e. The molecule has 2 N–H and O–H groups in total. The summed E-state index contributed by atoms with van der Waals surface area (Å²) >= 11 is 0. The molecule has 2 aromatic heterocycles. The minimum Gasteiger partial charge on any atom is -0.357 e. The van der Waals surface area contributed by atoms with Gasteiger partial charge >= 0.3 is 0 Å². The van der Waals surface area contributed by atoms with Crippen LogP contribution in [0, 0.1) is 6.92 Å². The van der Waals surface area contributed by atoms with E-state index in [1.807, 2.05) is 67.6 Å². The first-order chi connectivity index (χ1) is 16.1. The topological polar surface area (TPSA) is 96.2 Å². The minimum absolute atomic E-state index is 0.219. The van der Waals surface area contributed by atoms with Crippen molar-refractivity contribution in [3.8, 4) is 11.3 Å². The maximum atomic E-state index is 12.6. The zero-order chi connectivity index (χ0) is 23.2. The van der Waals surface area contributed by atoms with E-state index in [0.717, 1.165) is 36.0 Å². The first kappa shape index (κ1) is 22.0. The highest BCUT2D eigenvalue weighted by Gasteiger charge is 2.14. The third-order valence-corrected chi connectivity index (χ3v) is 5.13. The number of hydrogen-bond acceptors (Lipinski definition) is 7. The number of aromatic nitrogens is 3. The van der Waals surface area contributed by atoms with Crippen molar-refractivity contribution in [2.75, 3.05) is 28.6 Å². The number of anilines is 4. The Morgan fingerprint density at radius 1 is 0.939 bits per heavy atom. The van der Waals surface area contributed by atoms with Crippen LogP contribution in [0.2, 0.25) is 0 Å². The number of aryl methyl sites for hydroxylation is 1. The maximum absolute atomic E-state index is 12.6. The van der Waals surface area contributed by atoms with Gasteiger partial charge in [0.05, 0.1) is 0 Å². The summed E-state index contributed by atoms with van der Waals surface area (Å²) in [4.78, 5) is 23.7. The third kappa shape index (κ3) is 5.35. The van der Waals surface area contributed by atoms with E-state index in [4.69, 9.17) is 4.52 Å². The molecule has 168 valence electrons. The third-order valence-electron chi connectivity index (χ3n) is 5.13. The van der Waals surface area contributed by atoms with Gasteiger partial charge in [-0.15, -0.1) is 0 Å². The fourth-order valence-electron chi connectivity index (χ4n) is 3.43. The van der Waals surface area contributed by atoms with E-state index < -0.39 is 0 Å². The molecule has 1 amide bonds. The van der Waals surface area contributed by atoms with Gasteiger partial charge in [0, 0.05) is 42.2 Å². The molecular formula is C25H26N6O2. The van der Waals surface area contributed by atoms with Gasteiger partial charge in [-0.05, 0) is 45.0 Å². The predicted octanol–water partition coefficient (Wildman–Crippen LogP) is 5.28. The van der Waals surface area contributed by atoms with Crippen LogP contribution in [0.1, 0.15) is 30.2 Å². The van der Waals surface area contributed by atoms with Gasteiger partial charge in [0.2, 0.25) is 0 Å². The highest BCUT2D eigenvalue weighted by atomic mass is 16.5. The Kier molecular flexibility index (Phi) is 6.64. The van der Waals surface area contributed by atoms with Crippen LogP contribution in [0.25, 0.3) is 11.3 Å². The summed E-state index contributed by atoms with van der Waals surface area (Å²) < 4.78 is 5.31. The number of nitrogens with one attached hydrogen (secondary N) is 2. The zero-order valence-electron chi connectivity index (χ0n) is 18.9. The molecule has 0 saturated heterocycles. The quantitative estimate of drug-likeness (QED) is 0.383. The van der Waals surface area contributed by atoms with E-state index in [9.17, 15) is 4.79 Å². The number of benzene rings is 2. The van der Waals surface area contributed by atoms with E-state index in [-0.39, 0.29) is 11.6 Å². The molecule has 0 aliphatic carbocycles. The molecule has 0 atom stereocenters. The molecular weight excluding hydrogens is 416 g/mol. The fourth-order valence-corrected chi connectivity index (χ4v) is 3.43. The predicted molar refractivity (Wildman–Crippen MR) is 130 cm³/mol. The summed E-state index contributed by atoms with van der Waals surface area (Å²) in [5.74, 6) is 2.52. The molecule has 0 fully saturated rings. The average Bonchev–Trinajstić information content (AvgIpc) is 3.32. The number of carbonyl (C=O) groups excluding carboxylic acids is 1. The molecule has 8 nitrogen and oxygen atoms in total. The molecule has 4 rings (SSSR count). The fraction of sp³-hybridized carbons (Fsp3) is 0.200. The Morgan fingerprint density at radius 2 is 1.64 bits per heavy atom. The van der Waals surface area contributed by atoms with Crippen LogP contribution in [-0.2, 0) is 0 Å². The van der Waals surface area contributed by atoms with Crippen molar-refractivity contribution in [3.05, 3.63) is 78.2 Å². The molecule has 2 aromatic carbocycles. The van der Waals surface area contributed by atoms with Gasteiger partial charge in [-0.3, -0.25) is 4.79 Å². The van der Waals surface area contributed by atoms with Gasteiger partial charge in [-0.1, -0.05) is 35.5 Å². The van der Waals surface area contributed by atoms with Gasteiger partial charge in [-0.25, -0.2) is 9.97 Å². The molecule has 2 heterocycles. The Balaban J connectivity index is 1.42. The van der Waals surface area contributed by atoms with Gasteiger partial charge < -0.3 is 20.1 Å². The molecule has 0 radical (unpaired) electrons. The van der Waals surface area contributed by atoms with Crippen molar-refractivity contribution in [2.24, 2.45) is 0 Å². The van der Waals surface area contributed by atoms with Crippen molar-refractivity contribution < 1.29 is 9.32 Å². The Bertz CT molecular complexity index is 1220. The summed E-state index contributed by atoms with van der Waals surface area (Å²) in [5.41, 5.74) is 2.59. The summed E-state index contributed by atoms with van der Waals surface area (Å²) in [6.45, 7) is 7.83. The van der Waals surface area contributed by atoms with Gasteiger partial charge in [-0.2, -0.15) is 0 Å². The SMILES string of the molecule is CCN(CC)c1cc(Nc2ccc(NC(=O)c3cc(-c4ccccc4)on3)cc2)nc(C)n1. The van der Waals surface area contributed by atoms with E-state index in [2.05, 4.69) is 44.5 Å². The van der Waals surface area contributed by atoms with Crippen LogP contribution in [0.3, 0.4) is 0 Å². The zero-order valence-corrected chi connectivity index (χ0v) is 18.9. The van der Waals surface area contributed by atoms with Gasteiger partial charge in [0.15, 0.2) is 11.5 Å². The molecule has 0 saturated carbocycles. The summed E-state index contributed by atoms with van der Waals surface area (Å²) in [7, 11) is 0. The summed E-state index contributed by atoms with van der Waals surface area (Å²) in [6.07, 6.45) is 0. The van der Waals surface area contributed by atoms with Crippen molar-refractivity contribution >= 4 is 28.9 Å². The molecule has 8 heteroatoms. The molecule has 0 aliphatic heterocycles. The Labute approximate surface area is 192 Å². The van der Waals surface area contributed by atoms with Crippen molar-refractivity contribution in [3.63, 3.8) is 0 Å². The van der Waals surface area contributed by atoms with Crippen LogP contribution >= 0.6 is 0 Å². The lowest BCUT2D eigenvalue weighted by atomic mass is 10.1. The standard InChI is InChI=1S/C25H26N6O2/c1-4-31(5-2)24-16-23(26-17(3)27-24)28-19-11-13-20(14-12-19)29-25(32)21-15-22(33-30-21)18-9-7-6-8-10-18/h6-16H,4-5H2,1-3H3,(H,29,32)(H,26,27,28). The number of nitrogens with zero attached hydrogens (tertiary/aromatic N) is 4. The first-order valence-corrected chi connectivity index (χ1v) is 10.9. The second-order valence-corrected chi connectivity index (χ2v) is 7.43. The van der Waals surface area contributed by atoms with Crippen molar-refractivity contribution in [1.29, 1.82) is 0 Å². The molecule has 0 unspecified atom stereocenters. The Hall–Kier alpha value is -4.20. The summed E-state index contributed by atoms with van der Waals surface area (Å²) in [5, 5.41) is 10.0. The average molecular weight is 443 g/mol. The molecule has 4 aromatic rings. The highest BCUT2D eigenvalue weighted by Crippen LogP contribution is 2.23. The number of rotatable bonds is 8. The number of amides is 1. The van der Waals surface area contributed by atoms with Crippen molar-refractivity contribution in [1.82, 2.24) is 15.1 Å². The van der Waals surface area contributed by atoms with Crippen LogP contribution in [-0.4, -0.2) is 34.1 Å². The monoisotopic (exact) mass is 442 g/mol. The van der Waals surface area contributed by atoms with Crippen LogP contribution in [0.4, 0.5) is 23.0 Å². The van der Waals surface area contributed by atoms with Crippen LogP contribution in [0.15, 0.2) is 71.3 Å². The second kappa shape index (κ2) is 9.95. The lowest BCUT2D eigenvalue weighted by molar-refractivity contribution is 0.101. The smallest absolute Gasteiger partial charge is 0.277 e. The van der Waals surface area contributed by atoms with Gasteiger partial charge in [0.25, 0.3) is 5.91 Å². The lowest BCUT2D eigenvalue weighted by Gasteiger charge is -2.20. The van der Waals surface area contributed by atoms with Crippen LogP contribution < -0.4 is 15.5 Å². The molecule has 0 bridgehead atoms. The number of carbonyl (C=O) groups is 1.